The molecule has 0 amide bonds. The zero-order valence-corrected chi connectivity index (χ0v) is 5.80. The molecule has 0 aromatic carbocycles. The number of carbonyl (C=O) groups is 1. The zero-order valence-electron chi connectivity index (χ0n) is 4.81. The number of carboxylic acids is 1. The molecule has 5 nitrogen and oxygen atoms in total. The number of rotatable bonds is 3. The van der Waals surface area contributed by atoms with E-state index in [2.05, 4.69) is 10.5 Å². The smallest absolute Gasteiger partial charge is 0.858 e. The number of hydrogen-bond donors (Lipinski definition) is 1. The maximum Gasteiger partial charge on any atom is 2.00 e. The minimum Gasteiger partial charge on any atom is -0.858 e. The molecular formula is C4H5NNiO4. The molecule has 0 aliphatic rings. The molecule has 0 atom stereocenters. The second-order valence-electron chi connectivity index (χ2n) is 1.20. The number of carbonyl (C=O) groups excluding carboxylic acids is 1. The van der Waals surface area contributed by atoms with E-state index in [4.69, 9.17) is 0 Å². The summed E-state index contributed by atoms with van der Waals surface area (Å²) >= 11 is 0. The van der Waals surface area contributed by atoms with Crippen molar-refractivity contribution < 1.29 is 36.2 Å². The Bertz CT molecular complexity index is 131. The van der Waals surface area contributed by atoms with Crippen molar-refractivity contribution in [3.05, 3.63) is 12.1 Å². The maximum atomic E-state index is 9.81. The van der Waals surface area contributed by atoms with Crippen LogP contribution in [0.1, 0.15) is 0 Å². The van der Waals surface area contributed by atoms with Gasteiger partial charge in [0, 0.05) is 0 Å². The first-order valence-electron chi connectivity index (χ1n) is 2.07. The molecule has 0 aliphatic heterocycles. The summed E-state index contributed by atoms with van der Waals surface area (Å²) in [6.07, 6.45) is 0.607. The van der Waals surface area contributed by atoms with Gasteiger partial charge in [0.15, 0.2) is 0 Å². The van der Waals surface area contributed by atoms with Crippen LogP contribution in [-0.2, 0) is 26.0 Å². The molecule has 0 aromatic rings. The topological polar surface area (TPSA) is 98.4 Å². The molecule has 0 aliphatic carbocycles. The average molecular weight is 190 g/mol. The summed E-state index contributed by atoms with van der Waals surface area (Å²) in [6, 6.07) is 0. The van der Waals surface area contributed by atoms with E-state index in [1.54, 1.807) is 0 Å². The number of ether oxygens (including phenoxy) is 1. The van der Waals surface area contributed by atoms with Crippen LogP contribution >= 0.6 is 0 Å². The SMILES string of the molecule is N/C([O-])=C/OCC(=O)[O-].[Ni+2]. The summed E-state index contributed by atoms with van der Waals surface area (Å²) in [5.74, 6) is -2.22. The van der Waals surface area contributed by atoms with Crippen molar-refractivity contribution in [2.45, 2.75) is 0 Å². The number of hydrogen-bond acceptors (Lipinski definition) is 5. The van der Waals surface area contributed by atoms with Gasteiger partial charge < -0.3 is 25.5 Å². The van der Waals surface area contributed by atoms with E-state index in [0.717, 1.165) is 0 Å². The Kier molecular flexibility index (Phi) is 7.38. The summed E-state index contributed by atoms with van der Waals surface area (Å²) in [5.41, 5.74) is 4.55. The number of aliphatic carboxylic acids is 1. The van der Waals surface area contributed by atoms with E-state index >= 15 is 0 Å². The van der Waals surface area contributed by atoms with Gasteiger partial charge in [-0.25, -0.2) is 0 Å². The van der Waals surface area contributed by atoms with Gasteiger partial charge in [0.1, 0.15) is 6.61 Å². The van der Waals surface area contributed by atoms with E-state index < -0.39 is 18.5 Å². The van der Waals surface area contributed by atoms with Crippen LogP contribution in [0.3, 0.4) is 0 Å². The Hall–Kier alpha value is -0.896. The van der Waals surface area contributed by atoms with Crippen LogP contribution in [0.15, 0.2) is 12.1 Å². The van der Waals surface area contributed by atoms with Crippen LogP contribution < -0.4 is 15.9 Å². The third-order valence-electron chi connectivity index (χ3n) is 0.401. The molecule has 0 rings (SSSR count). The van der Waals surface area contributed by atoms with E-state index in [0.29, 0.717) is 6.26 Å². The van der Waals surface area contributed by atoms with Crippen LogP contribution in [0.5, 0.6) is 0 Å². The summed E-state index contributed by atoms with van der Waals surface area (Å²) in [4.78, 5) is 9.57. The largest absolute Gasteiger partial charge is 2.00 e. The minimum absolute atomic E-state index is 0. The molecule has 0 heterocycles. The molecule has 0 saturated heterocycles. The van der Waals surface area contributed by atoms with E-state index in [-0.39, 0.29) is 16.5 Å². The van der Waals surface area contributed by atoms with Crippen molar-refractivity contribution in [1.29, 1.82) is 0 Å². The summed E-state index contributed by atoms with van der Waals surface area (Å²) in [7, 11) is 0. The molecular weight excluding hydrogens is 185 g/mol. The first-order chi connectivity index (χ1) is 4.13. The van der Waals surface area contributed by atoms with Crippen LogP contribution in [-0.4, -0.2) is 12.6 Å². The third kappa shape index (κ3) is 10.2. The third-order valence-corrected chi connectivity index (χ3v) is 0.401. The van der Waals surface area contributed by atoms with Gasteiger partial charge in [-0.05, 0) is 5.88 Å². The molecule has 0 spiro atoms. The van der Waals surface area contributed by atoms with Crippen molar-refractivity contribution in [2.24, 2.45) is 5.73 Å². The molecule has 0 bridgehead atoms. The van der Waals surface area contributed by atoms with Crippen LogP contribution in [0.25, 0.3) is 0 Å². The monoisotopic (exact) mass is 189 g/mol. The Labute approximate surface area is 67.4 Å². The fraction of sp³-hybridized carbons (Fsp3) is 0.250. The molecule has 0 aromatic heterocycles. The molecule has 0 saturated carbocycles. The maximum absolute atomic E-state index is 9.81. The summed E-state index contributed by atoms with van der Waals surface area (Å²) < 4.78 is 4.09. The Morgan fingerprint density at radius 3 is 2.40 bits per heavy atom. The molecule has 0 unspecified atom stereocenters. The summed E-state index contributed by atoms with van der Waals surface area (Å²) in [6.45, 7) is -0.650. The predicted molar refractivity (Wildman–Crippen MR) is 23.2 cm³/mol. The standard InChI is InChI=1S/C4H7NO4.Ni/c5-3(6)1-9-2-4(7)8;/h1,6H,2,5H2,(H,7,8);/q;+2/p-2/b3-1-;. The normalized spacial score (nSPS) is 9.80. The van der Waals surface area contributed by atoms with Gasteiger partial charge in [-0.2, -0.15) is 0 Å². The summed E-state index contributed by atoms with van der Waals surface area (Å²) in [5, 5.41) is 19.4. The van der Waals surface area contributed by atoms with Crippen molar-refractivity contribution in [1.82, 2.24) is 0 Å². The zero-order chi connectivity index (χ0) is 7.28. The van der Waals surface area contributed by atoms with Crippen molar-refractivity contribution in [2.75, 3.05) is 6.61 Å². The second kappa shape index (κ2) is 6.23. The Morgan fingerprint density at radius 2 is 2.10 bits per heavy atom. The predicted octanol–water partition coefficient (Wildman–Crippen LogP) is -3.13. The van der Waals surface area contributed by atoms with Crippen molar-refractivity contribution >= 4 is 5.97 Å². The van der Waals surface area contributed by atoms with Crippen LogP contribution in [0.2, 0.25) is 0 Å². The quantitative estimate of drug-likeness (QED) is 0.374. The van der Waals surface area contributed by atoms with Crippen LogP contribution in [0, 0.1) is 0 Å². The van der Waals surface area contributed by atoms with E-state index in [1.165, 1.54) is 0 Å². The van der Waals surface area contributed by atoms with Gasteiger partial charge in [-0.1, -0.05) is 0 Å². The van der Waals surface area contributed by atoms with Gasteiger partial charge in [0.2, 0.25) is 0 Å². The van der Waals surface area contributed by atoms with Gasteiger partial charge in [-0.15, -0.1) is 0 Å². The van der Waals surface area contributed by atoms with Gasteiger partial charge in [-0.3, -0.25) is 0 Å². The Morgan fingerprint density at radius 1 is 1.60 bits per heavy atom. The molecule has 6 heteroatoms. The minimum atomic E-state index is -1.40. The molecule has 60 valence electrons. The fourth-order valence-electron chi connectivity index (χ4n) is 0.192. The fourth-order valence-corrected chi connectivity index (χ4v) is 0.192. The molecule has 10 heavy (non-hydrogen) atoms. The Balaban J connectivity index is 0. The molecule has 0 fully saturated rings. The van der Waals surface area contributed by atoms with Crippen LogP contribution in [0.4, 0.5) is 0 Å². The number of nitrogens with two attached hydrogens (primary N) is 1. The van der Waals surface area contributed by atoms with Gasteiger partial charge in [0.25, 0.3) is 0 Å². The average Bonchev–Trinajstić information content (AvgIpc) is 1.63. The number of carboxylic acid groups (broad SMARTS) is 1. The van der Waals surface area contributed by atoms with E-state index in [1.807, 2.05) is 0 Å². The van der Waals surface area contributed by atoms with E-state index in [9.17, 15) is 15.0 Å². The molecule has 0 radical (unpaired) electrons. The first kappa shape index (κ1) is 11.8. The second-order valence-corrected chi connectivity index (χ2v) is 1.20. The molecule has 2 N–H and O–H groups in total. The first-order valence-corrected chi connectivity index (χ1v) is 2.07. The van der Waals surface area contributed by atoms with Crippen molar-refractivity contribution in [3.63, 3.8) is 0 Å². The van der Waals surface area contributed by atoms with Crippen molar-refractivity contribution in [3.8, 4) is 0 Å². The van der Waals surface area contributed by atoms with Gasteiger partial charge in [0.05, 0.1) is 12.2 Å². The van der Waals surface area contributed by atoms with Gasteiger partial charge >= 0.3 is 16.5 Å².